The molecule has 1 fully saturated rings. The zero-order chi connectivity index (χ0) is 24.0. The third kappa shape index (κ3) is 5.49. The van der Waals surface area contributed by atoms with E-state index >= 15 is 0 Å². The van der Waals surface area contributed by atoms with Gasteiger partial charge in [0, 0.05) is 34.6 Å². The molecule has 0 radical (unpaired) electrons. The normalized spacial score (nSPS) is 15.1. The van der Waals surface area contributed by atoms with Crippen LogP contribution in [-0.2, 0) is 22.6 Å². The van der Waals surface area contributed by atoms with E-state index in [0.29, 0.717) is 6.54 Å². The lowest BCUT2D eigenvalue weighted by atomic mass is 9.95. The number of fused-ring (bicyclic) bond motifs is 1. The quantitative estimate of drug-likeness (QED) is 0.322. The van der Waals surface area contributed by atoms with Crippen molar-refractivity contribution in [3.63, 3.8) is 0 Å². The molecule has 0 saturated heterocycles. The molecule has 0 spiro atoms. The van der Waals surface area contributed by atoms with E-state index in [2.05, 4.69) is 10.3 Å². The first kappa shape index (κ1) is 23.4. The Bertz CT molecular complexity index is 1260. The SMILES string of the molecule is O=C(NC1CCCCC1)C(c1cccs1)N(Cc1ccccc1)C(=O)Cc1c[nH]c2ccccc12. The molecule has 2 aromatic carbocycles. The fraction of sp³-hybridized carbons (Fsp3) is 0.310. The molecule has 0 bridgehead atoms. The molecule has 1 saturated carbocycles. The van der Waals surface area contributed by atoms with Crippen LogP contribution in [0.1, 0.15) is 54.1 Å². The monoisotopic (exact) mass is 485 g/mol. The maximum atomic E-state index is 13.9. The molecule has 2 N–H and O–H groups in total. The van der Waals surface area contributed by atoms with E-state index in [1.54, 1.807) is 4.90 Å². The standard InChI is InChI=1S/C29H31N3O2S/c33-27(18-22-19-30-25-15-8-7-14-24(22)25)32(20-21-10-3-1-4-11-21)28(26-16-9-17-35-26)29(34)31-23-12-5-2-6-13-23/h1,3-4,7-11,14-17,19,23,28,30H,2,5-6,12-13,18,20H2,(H,31,34). The highest BCUT2D eigenvalue weighted by atomic mass is 32.1. The average molecular weight is 486 g/mol. The van der Waals surface area contributed by atoms with Crippen molar-refractivity contribution in [3.8, 4) is 0 Å². The molecule has 2 aromatic heterocycles. The van der Waals surface area contributed by atoms with Gasteiger partial charge in [0.2, 0.25) is 11.8 Å². The van der Waals surface area contributed by atoms with Crippen LogP contribution in [0, 0.1) is 0 Å². The lowest BCUT2D eigenvalue weighted by Gasteiger charge is -2.33. The molecule has 1 atom stereocenters. The molecule has 2 heterocycles. The molecule has 6 heteroatoms. The molecule has 5 nitrogen and oxygen atoms in total. The number of thiophene rings is 1. The zero-order valence-corrected chi connectivity index (χ0v) is 20.6. The summed E-state index contributed by atoms with van der Waals surface area (Å²) < 4.78 is 0. The lowest BCUT2D eigenvalue weighted by molar-refractivity contribution is -0.141. The van der Waals surface area contributed by atoms with Gasteiger partial charge in [-0.05, 0) is 41.5 Å². The highest BCUT2D eigenvalue weighted by Crippen LogP contribution is 2.30. The topological polar surface area (TPSA) is 65.2 Å². The van der Waals surface area contributed by atoms with Crippen molar-refractivity contribution < 1.29 is 9.59 Å². The summed E-state index contributed by atoms with van der Waals surface area (Å²) in [5.74, 6) is -0.140. The predicted molar refractivity (Wildman–Crippen MR) is 141 cm³/mol. The summed E-state index contributed by atoms with van der Waals surface area (Å²) in [6, 6.07) is 21.4. The van der Waals surface area contributed by atoms with E-state index in [4.69, 9.17) is 0 Å². The number of amides is 2. The van der Waals surface area contributed by atoms with Crippen molar-refractivity contribution in [2.45, 2.75) is 57.2 Å². The number of rotatable bonds is 8. The number of hydrogen-bond acceptors (Lipinski definition) is 3. The van der Waals surface area contributed by atoms with Crippen LogP contribution in [0.3, 0.4) is 0 Å². The third-order valence-corrected chi connectivity index (χ3v) is 7.78. The molecule has 1 unspecified atom stereocenters. The van der Waals surface area contributed by atoms with Crippen molar-refractivity contribution in [1.82, 2.24) is 15.2 Å². The lowest BCUT2D eigenvalue weighted by Crippen LogP contribution is -2.47. The highest BCUT2D eigenvalue weighted by molar-refractivity contribution is 7.10. The maximum Gasteiger partial charge on any atom is 0.248 e. The Labute approximate surface area is 210 Å². The summed E-state index contributed by atoms with van der Waals surface area (Å²) in [6.07, 6.45) is 7.66. The Hall–Kier alpha value is -3.38. The van der Waals surface area contributed by atoms with Gasteiger partial charge in [-0.3, -0.25) is 9.59 Å². The van der Waals surface area contributed by atoms with Gasteiger partial charge < -0.3 is 15.2 Å². The molecular weight excluding hydrogens is 454 g/mol. The number of aromatic amines is 1. The van der Waals surface area contributed by atoms with Crippen LogP contribution in [0.4, 0.5) is 0 Å². The van der Waals surface area contributed by atoms with Crippen molar-refractivity contribution in [1.29, 1.82) is 0 Å². The summed E-state index contributed by atoms with van der Waals surface area (Å²) in [6.45, 7) is 0.378. The fourth-order valence-corrected chi connectivity index (χ4v) is 5.88. The van der Waals surface area contributed by atoms with Gasteiger partial charge in [0.1, 0.15) is 6.04 Å². The van der Waals surface area contributed by atoms with Crippen LogP contribution in [0.15, 0.2) is 78.3 Å². The average Bonchev–Trinajstić information content (AvgIpc) is 3.56. The van der Waals surface area contributed by atoms with Gasteiger partial charge in [0.05, 0.1) is 6.42 Å². The van der Waals surface area contributed by atoms with Crippen LogP contribution >= 0.6 is 11.3 Å². The van der Waals surface area contributed by atoms with Crippen molar-refractivity contribution in [3.05, 3.63) is 94.3 Å². The van der Waals surface area contributed by atoms with Gasteiger partial charge in [0.15, 0.2) is 0 Å². The van der Waals surface area contributed by atoms with E-state index < -0.39 is 6.04 Å². The molecule has 180 valence electrons. The number of aromatic nitrogens is 1. The number of carbonyl (C=O) groups is 2. The first-order valence-electron chi connectivity index (χ1n) is 12.4. The third-order valence-electron chi connectivity index (χ3n) is 6.86. The molecule has 1 aliphatic carbocycles. The van der Waals surface area contributed by atoms with Crippen LogP contribution < -0.4 is 5.32 Å². The number of hydrogen-bond donors (Lipinski definition) is 2. The minimum Gasteiger partial charge on any atom is -0.361 e. The smallest absolute Gasteiger partial charge is 0.248 e. The summed E-state index contributed by atoms with van der Waals surface area (Å²) in [4.78, 5) is 33.6. The number of carbonyl (C=O) groups excluding carboxylic acids is 2. The summed E-state index contributed by atoms with van der Waals surface area (Å²) in [5, 5.41) is 6.30. The van der Waals surface area contributed by atoms with Crippen LogP contribution in [0.2, 0.25) is 0 Å². The van der Waals surface area contributed by atoms with Gasteiger partial charge in [-0.2, -0.15) is 0 Å². The zero-order valence-electron chi connectivity index (χ0n) is 19.8. The van der Waals surface area contributed by atoms with E-state index in [0.717, 1.165) is 52.6 Å². The van der Waals surface area contributed by atoms with E-state index in [1.165, 1.54) is 17.8 Å². The number of nitrogens with zero attached hydrogens (tertiary/aromatic N) is 1. The van der Waals surface area contributed by atoms with Crippen molar-refractivity contribution in [2.24, 2.45) is 0 Å². The molecule has 1 aliphatic rings. The second kappa shape index (κ2) is 10.9. The molecule has 5 rings (SSSR count). The Morgan fingerprint density at radius 3 is 2.51 bits per heavy atom. The first-order chi connectivity index (χ1) is 17.2. The number of benzene rings is 2. The minimum atomic E-state index is -0.658. The number of nitrogens with one attached hydrogen (secondary N) is 2. The van der Waals surface area contributed by atoms with Crippen molar-refractivity contribution >= 4 is 34.1 Å². The van der Waals surface area contributed by atoms with Crippen LogP contribution in [0.25, 0.3) is 10.9 Å². The van der Waals surface area contributed by atoms with Gasteiger partial charge in [-0.25, -0.2) is 0 Å². The molecule has 35 heavy (non-hydrogen) atoms. The summed E-state index contributed by atoms with van der Waals surface area (Å²) in [7, 11) is 0. The second-order valence-corrected chi connectivity index (χ2v) is 10.3. The van der Waals surface area contributed by atoms with Gasteiger partial charge >= 0.3 is 0 Å². The highest BCUT2D eigenvalue weighted by Gasteiger charge is 2.34. The Kier molecular flexibility index (Phi) is 7.28. The predicted octanol–water partition coefficient (Wildman–Crippen LogP) is 5.99. The van der Waals surface area contributed by atoms with E-state index in [9.17, 15) is 9.59 Å². The molecule has 4 aromatic rings. The van der Waals surface area contributed by atoms with E-state index in [1.807, 2.05) is 78.3 Å². The molecular formula is C29H31N3O2S. The largest absolute Gasteiger partial charge is 0.361 e. The van der Waals surface area contributed by atoms with Crippen LogP contribution in [-0.4, -0.2) is 27.7 Å². The number of H-pyrrole nitrogens is 1. The summed E-state index contributed by atoms with van der Waals surface area (Å²) >= 11 is 1.53. The number of para-hydroxylation sites is 1. The minimum absolute atomic E-state index is 0.0594. The van der Waals surface area contributed by atoms with E-state index in [-0.39, 0.29) is 24.3 Å². The van der Waals surface area contributed by atoms with Gasteiger partial charge in [0.25, 0.3) is 0 Å². The van der Waals surface area contributed by atoms with Crippen molar-refractivity contribution in [2.75, 3.05) is 0 Å². The Balaban J connectivity index is 1.47. The maximum absolute atomic E-state index is 13.9. The Morgan fingerprint density at radius 2 is 1.74 bits per heavy atom. The Morgan fingerprint density at radius 1 is 0.971 bits per heavy atom. The van der Waals surface area contributed by atoms with Gasteiger partial charge in [-0.15, -0.1) is 11.3 Å². The van der Waals surface area contributed by atoms with Crippen LogP contribution in [0.5, 0.6) is 0 Å². The molecule has 0 aliphatic heterocycles. The fourth-order valence-electron chi connectivity index (χ4n) is 5.04. The molecule has 2 amide bonds. The van der Waals surface area contributed by atoms with Gasteiger partial charge in [-0.1, -0.05) is 73.9 Å². The first-order valence-corrected chi connectivity index (χ1v) is 13.3. The summed E-state index contributed by atoms with van der Waals surface area (Å²) in [5.41, 5.74) is 2.96. The second-order valence-electron chi connectivity index (χ2n) is 9.30.